The van der Waals surface area contributed by atoms with Gasteiger partial charge in [0.25, 0.3) is 0 Å². The fourth-order valence-corrected chi connectivity index (χ4v) is 3.63. The summed E-state index contributed by atoms with van der Waals surface area (Å²) in [5.74, 6) is 0. The Morgan fingerprint density at radius 1 is 0.562 bits per heavy atom. The largest absolute Gasteiger partial charge is 1.00 e. The number of rotatable bonds is 7. The Bertz CT molecular complexity index is 980. The fraction of sp³-hybridized carbons (Fsp3) is 0.250. The normalized spacial score (nSPS) is 14.6. The third kappa shape index (κ3) is 7.96. The minimum Gasteiger partial charge on any atom is -0.536 e. The number of benzene rings is 2. The topological polar surface area (TPSA) is 96.5 Å². The Morgan fingerprint density at radius 2 is 0.812 bits per heavy atom. The number of alkyl halides is 6. The molecule has 0 bridgehead atoms. The Labute approximate surface area is 224 Å². The van der Waals surface area contributed by atoms with Crippen LogP contribution < -0.4 is 59.1 Å². The average molecular weight is 520 g/mol. The van der Waals surface area contributed by atoms with Crippen molar-refractivity contribution in [2.24, 2.45) is 0 Å². The summed E-state index contributed by atoms with van der Waals surface area (Å²) in [6.45, 7) is 0. The molecule has 0 aliphatic rings. The summed E-state index contributed by atoms with van der Waals surface area (Å²) >= 11 is 0. The van der Waals surface area contributed by atoms with E-state index in [4.69, 9.17) is 0 Å². The molecular formula is C16H12F6N2Na2O4S2. The van der Waals surface area contributed by atoms with Crippen molar-refractivity contribution >= 4 is 20.0 Å². The summed E-state index contributed by atoms with van der Waals surface area (Å²) < 4.78 is 129. The Hall–Kier alpha value is -0.160. The van der Waals surface area contributed by atoms with Crippen LogP contribution in [0.25, 0.3) is 9.44 Å². The molecule has 0 N–H and O–H groups in total. The minimum atomic E-state index is -6.20. The van der Waals surface area contributed by atoms with Gasteiger partial charge in [-0.25, -0.2) is 16.8 Å². The predicted octanol–water partition coefficient (Wildman–Crippen LogP) is -1.08. The van der Waals surface area contributed by atoms with Gasteiger partial charge in [-0.2, -0.15) is 26.3 Å². The van der Waals surface area contributed by atoms with Crippen molar-refractivity contribution in [3.05, 3.63) is 81.2 Å². The smallest absolute Gasteiger partial charge is 0.536 e. The summed E-state index contributed by atoms with van der Waals surface area (Å²) in [5.41, 5.74) is -12.3. The van der Waals surface area contributed by atoms with Crippen LogP contribution in [-0.2, 0) is 20.0 Å². The quantitative estimate of drug-likeness (QED) is 0.343. The average Bonchev–Trinajstić information content (AvgIpc) is 2.64. The number of halogens is 6. The van der Waals surface area contributed by atoms with Gasteiger partial charge in [-0.05, 0) is 0 Å². The molecule has 0 saturated carbocycles. The van der Waals surface area contributed by atoms with Crippen LogP contribution in [0.5, 0.6) is 0 Å². The van der Waals surface area contributed by atoms with Crippen molar-refractivity contribution in [1.82, 2.24) is 0 Å². The van der Waals surface area contributed by atoms with E-state index in [9.17, 15) is 43.2 Å². The molecule has 0 aromatic heterocycles. The van der Waals surface area contributed by atoms with Crippen LogP contribution >= 0.6 is 0 Å². The van der Waals surface area contributed by atoms with Gasteiger partial charge in [-0.15, -0.1) is 12.1 Å². The van der Waals surface area contributed by atoms with Crippen LogP contribution in [0.15, 0.2) is 60.7 Å². The van der Waals surface area contributed by atoms with Crippen molar-refractivity contribution < 1.29 is 102 Å². The number of nitrogens with zero attached hydrogens (tertiary/aromatic N) is 2. The van der Waals surface area contributed by atoms with E-state index in [2.05, 4.69) is 9.44 Å². The molecule has 2 rings (SSSR count). The van der Waals surface area contributed by atoms with Crippen LogP contribution in [0.3, 0.4) is 0 Å². The molecule has 2 aromatic carbocycles. The molecular weight excluding hydrogens is 508 g/mol. The molecule has 2 unspecified atom stereocenters. The summed E-state index contributed by atoms with van der Waals surface area (Å²) in [4.78, 5) is 0. The molecule has 0 fully saturated rings. The molecule has 6 nitrogen and oxygen atoms in total. The zero-order chi connectivity index (χ0) is 22.8. The third-order valence-electron chi connectivity index (χ3n) is 3.67. The van der Waals surface area contributed by atoms with Crippen molar-refractivity contribution in [2.45, 2.75) is 23.1 Å². The van der Waals surface area contributed by atoms with E-state index in [1.54, 1.807) is 0 Å². The van der Waals surface area contributed by atoms with Crippen LogP contribution in [0.2, 0.25) is 0 Å². The van der Waals surface area contributed by atoms with Gasteiger partial charge in [-0.1, -0.05) is 71.8 Å². The summed E-state index contributed by atoms with van der Waals surface area (Å²) in [6.07, 6.45) is 0. The van der Waals surface area contributed by atoms with Crippen LogP contribution in [-0.4, -0.2) is 27.9 Å². The van der Waals surface area contributed by atoms with E-state index < -0.39 is 43.1 Å². The molecule has 0 aliphatic carbocycles. The maximum atomic E-state index is 12.9. The van der Waals surface area contributed by atoms with E-state index in [0.29, 0.717) is 0 Å². The van der Waals surface area contributed by atoms with E-state index in [1.165, 1.54) is 36.4 Å². The van der Waals surface area contributed by atoms with Crippen LogP contribution in [0.1, 0.15) is 23.2 Å². The molecule has 166 valence electrons. The van der Waals surface area contributed by atoms with Gasteiger partial charge in [0.05, 0.1) is 0 Å². The Kier molecular flexibility index (Phi) is 11.9. The molecule has 0 aliphatic heterocycles. The number of hydrogen-bond donors (Lipinski definition) is 0. The second kappa shape index (κ2) is 12.0. The van der Waals surface area contributed by atoms with E-state index in [-0.39, 0.29) is 70.2 Å². The summed E-state index contributed by atoms with van der Waals surface area (Å²) in [6, 6.07) is 7.73. The molecule has 0 spiro atoms. The monoisotopic (exact) mass is 520 g/mol. The third-order valence-corrected chi connectivity index (χ3v) is 5.85. The van der Waals surface area contributed by atoms with Crippen LogP contribution in [0.4, 0.5) is 26.3 Å². The first-order valence-electron chi connectivity index (χ1n) is 7.82. The Morgan fingerprint density at radius 3 is 1.03 bits per heavy atom. The van der Waals surface area contributed by atoms with Crippen molar-refractivity contribution in [3.8, 4) is 0 Å². The van der Waals surface area contributed by atoms with Crippen molar-refractivity contribution in [2.75, 3.05) is 0 Å². The maximum absolute atomic E-state index is 12.9. The van der Waals surface area contributed by atoms with Gasteiger partial charge in [-0.3, -0.25) is 0 Å². The first-order chi connectivity index (χ1) is 13.7. The van der Waals surface area contributed by atoms with Gasteiger partial charge in [0, 0.05) is 0 Å². The molecule has 0 heterocycles. The zero-order valence-corrected chi connectivity index (χ0v) is 22.2. The first-order valence-corrected chi connectivity index (χ1v) is 10.7. The van der Waals surface area contributed by atoms with Gasteiger partial charge < -0.3 is 9.44 Å². The maximum Gasteiger partial charge on any atom is 1.00 e. The number of hydrogen-bond acceptors (Lipinski definition) is 4. The predicted molar refractivity (Wildman–Crippen MR) is 95.0 cm³/mol. The first kappa shape index (κ1) is 31.8. The van der Waals surface area contributed by atoms with Gasteiger partial charge >= 0.3 is 70.1 Å². The molecule has 32 heavy (non-hydrogen) atoms. The van der Waals surface area contributed by atoms with Gasteiger partial charge in [0.2, 0.25) is 0 Å². The summed E-state index contributed by atoms with van der Waals surface area (Å²) in [7, 11) is -12.4. The molecule has 0 saturated heterocycles. The van der Waals surface area contributed by atoms with Gasteiger partial charge in [0.15, 0.2) is 20.0 Å². The van der Waals surface area contributed by atoms with Gasteiger partial charge in [0.1, 0.15) is 0 Å². The van der Waals surface area contributed by atoms with Crippen molar-refractivity contribution in [3.63, 3.8) is 0 Å². The van der Waals surface area contributed by atoms with Crippen LogP contribution in [0, 0.1) is 0 Å². The second-order valence-corrected chi connectivity index (χ2v) is 9.01. The molecule has 0 amide bonds. The van der Waals surface area contributed by atoms with E-state index in [0.717, 1.165) is 24.3 Å². The number of sulfonamides is 2. The molecule has 2 aromatic rings. The Balaban J connectivity index is 0.00000480. The summed E-state index contributed by atoms with van der Waals surface area (Å²) in [5, 5.41) is 0. The second-order valence-electron chi connectivity index (χ2n) is 5.76. The minimum absolute atomic E-state index is 0. The molecule has 16 heteroatoms. The molecule has 0 radical (unpaired) electrons. The van der Waals surface area contributed by atoms with E-state index in [1.807, 2.05) is 0 Å². The van der Waals surface area contributed by atoms with E-state index >= 15 is 0 Å². The SMILES string of the molecule is O=S(=O)([N-]C(c1ccccc1)C([N-]S(=O)(=O)C(F)(F)F)c1ccccc1)C(F)(F)F.[Na+].[Na+]. The molecule has 2 atom stereocenters. The standard InChI is InChI=1S/C16H12F6N2O4S2.2Na/c17-15(18,19)29(25,26)23-13(11-7-3-1-4-8-11)14(12-9-5-2-6-10-12)24-30(27,28)16(20,21)22;;/h1-10,13-14H;;/q-2;2*+1. The zero-order valence-electron chi connectivity index (χ0n) is 16.5. The van der Waals surface area contributed by atoms with Crippen molar-refractivity contribution in [1.29, 1.82) is 0 Å². The fourth-order valence-electron chi connectivity index (χ4n) is 2.32.